The highest BCUT2D eigenvalue weighted by Crippen LogP contribution is 2.51. The van der Waals surface area contributed by atoms with Gasteiger partial charge in [-0.3, -0.25) is 4.55 Å². The van der Waals surface area contributed by atoms with Crippen LogP contribution in [0, 0.1) is 0 Å². The molecule has 0 radical (unpaired) electrons. The molecule has 0 heterocycles. The predicted molar refractivity (Wildman–Crippen MR) is 114 cm³/mol. The third-order valence-corrected chi connectivity index (χ3v) is 7.18. The topological polar surface area (TPSA) is 94.8 Å². The van der Waals surface area contributed by atoms with Crippen LogP contribution >= 0.6 is 46.4 Å². The monoisotopic (exact) mass is 492 g/mol. The lowest BCUT2D eigenvalue weighted by molar-refractivity contribution is 0.439. The van der Waals surface area contributed by atoms with E-state index in [9.17, 15) is 23.2 Å². The van der Waals surface area contributed by atoms with Crippen LogP contribution in [0.4, 0.5) is 0 Å². The summed E-state index contributed by atoms with van der Waals surface area (Å²) < 4.78 is 33.9. The van der Waals surface area contributed by atoms with Gasteiger partial charge in [0.25, 0.3) is 10.1 Å². The van der Waals surface area contributed by atoms with Gasteiger partial charge >= 0.3 is 0 Å². The average Bonchev–Trinajstić information content (AvgIpc) is 2.62. The van der Waals surface area contributed by atoms with Crippen LogP contribution < -0.4 is 0 Å². The van der Waals surface area contributed by atoms with Gasteiger partial charge in [-0.1, -0.05) is 70.7 Å². The van der Waals surface area contributed by atoms with E-state index in [2.05, 4.69) is 0 Å². The van der Waals surface area contributed by atoms with Gasteiger partial charge in [0.1, 0.15) is 11.5 Å². The van der Waals surface area contributed by atoms with Gasteiger partial charge in [-0.05, 0) is 35.9 Å². The first-order valence-corrected chi connectivity index (χ1v) is 10.8. The van der Waals surface area contributed by atoms with E-state index in [0.717, 1.165) is 6.07 Å². The van der Waals surface area contributed by atoms with Crippen molar-refractivity contribution >= 4 is 56.5 Å². The number of phenols is 2. The maximum atomic E-state index is 13.0. The molecule has 5 nitrogen and oxygen atoms in total. The quantitative estimate of drug-likeness (QED) is 0.239. The molecule has 0 fully saturated rings. The molecule has 0 aromatic heterocycles. The molecule has 10 heteroatoms. The molecule has 3 aromatic carbocycles. The van der Waals surface area contributed by atoms with E-state index in [1.165, 1.54) is 48.5 Å². The molecule has 3 aromatic rings. The van der Waals surface area contributed by atoms with Crippen molar-refractivity contribution in [3.05, 3.63) is 91.4 Å². The first kappa shape index (κ1) is 22.0. The predicted octanol–water partition coefficient (Wildman–Crippen LogP) is 5.89. The zero-order valence-corrected chi connectivity index (χ0v) is 18.1. The summed E-state index contributed by atoms with van der Waals surface area (Å²) in [6.45, 7) is 0. The summed E-state index contributed by atoms with van der Waals surface area (Å²) in [5.41, 5.74) is -0.601. The highest BCUT2D eigenvalue weighted by molar-refractivity contribution is 7.87. The fourth-order valence-corrected chi connectivity index (χ4v) is 5.43. The summed E-state index contributed by atoms with van der Waals surface area (Å²) in [5.74, 6) is -0.884. The molecular formula is C19H12Cl4O5S. The third kappa shape index (κ3) is 3.65. The molecule has 0 aliphatic carbocycles. The molecule has 3 rings (SSSR count). The second kappa shape index (κ2) is 7.87. The molecule has 1 unspecified atom stereocenters. The van der Waals surface area contributed by atoms with Crippen molar-refractivity contribution in [3.63, 3.8) is 0 Å². The summed E-state index contributed by atoms with van der Waals surface area (Å²) in [5, 5.41) is 20.3. The van der Waals surface area contributed by atoms with E-state index in [1.54, 1.807) is 0 Å². The van der Waals surface area contributed by atoms with E-state index >= 15 is 0 Å². The second-order valence-corrected chi connectivity index (χ2v) is 9.28. The molecule has 0 bridgehead atoms. The minimum atomic E-state index is -5.11. The zero-order chi connectivity index (χ0) is 21.6. The van der Waals surface area contributed by atoms with E-state index in [1.807, 2.05) is 0 Å². The van der Waals surface area contributed by atoms with E-state index in [4.69, 9.17) is 46.4 Å². The van der Waals surface area contributed by atoms with Gasteiger partial charge in [-0.15, -0.1) is 0 Å². The minimum absolute atomic E-state index is 0.0410. The first-order chi connectivity index (χ1) is 13.5. The van der Waals surface area contributed by atoms with Gasteiger partial charge in [0.15, 0.2) is 4.75 Å². The van der Waals surface area contributed by atoms with Gasteiger partial charge in [0.2, 0.25) is 0 Å². The maximum absolute atomic E-state index is 13.0. The van der Waals surface area contributed by atoms with Crippen molar-refractivity contribution < 1.29 is 23.2 Å². The lowest BCUT2D eigenvalue weighted by atomic mass is 9.83. The largest absolute Gasteiger partial charge is 0.508 e. The lowest BCUT2D eigenvalue weighted by Gasteiger charge is -2.34. The summed E-state index contributed by atoms with van der Waals surface area (Å²) in [4.78, 5) is 0. The Hall–Kier alpha value is -1.67. The average molecular weight is 494 g/mol. The Balaban J connectivity index is 2.63. The van der Waals surface area contributed by atoms with Crippen LogP contribution in [0.25, 0.3) is 0 Å². The number of phenolic OH excluding ortho intramolecular Hbond substituents is 2. The van der Waals surface area contributed by atoms with E-state index < -0.39 is 20.6 Å². The van der Waals surface area contributed by atoms with Crippen LogP contribution in [-0.4, -0.2) is 23.2 Å². The highest BCUT2D eigenvalue weighted by atomic mass is 35.5. The summed E-state index contributed by atoms with van der Waals surface area (Å²) in [6, 6.07) is 11.5. The molecule has 0 aliphatic heterocycles. The van der Waals surface area contributed by atoms with Crippen LogP contribution in [0.2, 0.25) is 20.1 Å². The lowest BCUT2D eigenvalue weighted by Crippen LogP contribution is -2.38. The van der Waals surface area contributed by atoms with Crippen molar-refractivity contribution in [1.82, 2.24) is 0 Å². The smallest absolute Gasteiger partial charge is 0.283 e. The molecule has 0 amide bonds. The Bertz CT molecular complexity index is 1210. The van der Waals surface area contributed by atoms with Crippen LogP contribution in [0.3, 0.4) is 0 Å². The fraction of sp³-hybridized carbons (Fsp3) is 0.0526. The van der Waals surface area contributed by atoms with Crippen molar-refractivity contribution in [1.29, 1.82) is 0 Å². The maximum Gasteiger partial charge on any atom is 0.283 e. The van der Waals surface area contributed by atoms with Crippen molar-refractivity contribution in [2.75, 3.05) is 0 Å². The van der Waals surface area contributed by atoms with Gasteiger partial charge < -0.3 is 10.2 Å². The van der Waals surface area contributed by atoms with Gasteiger partial charge in [-0.25, -0.2) is 0 Å². The Morgan fingerprint density at radius 2 is 1.34 bits per heavy atom. The number of rotatable bonds is 4. The number of hydrogen-bond acceptors (Lipinski definition) is 4. The molecule has 0 saturated heterocycles. The number of benzene rings is 3. The van der Waals surface area contributed by atoms with Gasteiger partial charge in [-0.2, -0.15) is 8.42 Å². The van der Waals surface area contributed by atoms with E-state index in [0.29, 0.717) is 0 Å². The van der Waals surface area contributed by atoms with Crippen LogP contribution in [0.1, 0.15) is 16.7 Å². The number of aromatic hydroxyl groups is 2. The normalized spacial score (nSPS) is 13.8. The molecule has 0 saturated carbocycles. The van der Waals surface area contributed by atoms with Crippen molar-refractivity contribution in [2.24, 2.45) is 0 Å². The molecule has 3 N–H and O–H groups in total. The molecule has 29 heavy (non-hydrogen) atoms. The van der Waals surface area contributed by atoms with Crippen LogP contribution in [0.5, 0.6) is 11.5 Å². The Morgan fingerprint density at radius 1 is 0.724 bits per heavy atom. The molecule has 152 valence electrons. The van der Waals surface area contributed by atoms with Crippen molar-refractivity contribution in [3.8, 4) is 11.5 Å². The summed E-state index contributed by atoms with van der Waals surface area (Å²) in [6.07, 6.45) is 0. The number of hydrogen-bond donors (Lipinski definition) is 3. The molecule has 1 atom stereocenters. The SMILES string of the molecule is O=S(=O)(O)C(c1cccc(O)c1)(c1cc(Cl)c(Cl)cc1Cl)c1cccc(Cl)c1O. The minimum Gasteiger partial charge on any atom is -0.508 e. The first-order valence-electron chi connectivity index (χ1n) is 7.89. The molecular weight excluding hydrogens is 482 g/mol. The highest BCUT2D eigenvalue weighted by Gasteiger charge is 2.51. The second-order valence-electron chi connectivity index (χ2n) is 6.09. The molecule has 0 spiro atoms. The van der Waals surface area contributed by atoms with Gasteiger partial charge in [0.05, 0.1) is 15.1 Å². The van der Waals surface area contributed by atoms with Crippen molar-refractivity contribution in [2.45, 2.75) is 4.75 Å². The third-order valence-electron chi connectivity index (χ3n) is 4.39. The number of halogens is 4. The standard InChI is InChI=1S/C19H12Cl4O5S/c20-14-6-2-5-12(18(14)25)19(29(26,27)28,10-3-1-4-11(24)7-10)13-8-16(22)17(23)9-15(13)21/h1-9,24-25H,(H,26,27,28). The zero-order valence-electron chi connectivity index (χ0n) is 14.3. The Morgan fingerprint density at radius 3 is 1.97 bits per heavy atom. The van der Waals surface area contributed by atoms with Gasteiger partial charge in [0, 0.05) is 16.1 Å². The van der Waals surface area contributed by atoms with E-state index in [-0.39, 0.29) is 42.5 Å². The van der Waals surface area contributed by atoms with Crippen LogP contribution in [-0.2, 0) is 14.9 Å². The Labute approximate surface area is 186 Å². The fourth-order valence-electron chi connectivity index (χ4n) is 3.20. The number of para-hydroxylation sites is 1. The summed E-state index contributed by atoms with van der Waals surface area (Å²) >= 11 is 24.4. The van der Waals surface area contributed by atoms with Crippen LogP contribution in [0.15, 0.2) is 54.6 Å². The summed E-state index contributed by atoms with van der Waals surface area (Å²) in [7, 11) is -5.11. The Kier molecular flexibility index (Phi) is 5.98. The molecule has 0 aliphatic rings.